The van der Waals surface area contributed by atoms with E-state index < -0.39 is 35.5 Å². The molecular weight excluding hydrogens is 300 g/mol. The van der Waals surface area contributed by atoms with Gasteiger partial charge in [0.2, 0.25) is 0 Å². The van der Waals surface area contributed by atoms with Crippen LogP contribution in [-0.2, 0) is 20.2 Å². The van der Waals surface area contributed by atoms with Crippen molar-refractivity contribution in [3.63, 3.8) is 0 Å². The lowest BCUT2D eigenvalue weighted by atomic mass is 10.1. The molecule has 2 heterocycles. The van der Waals surface area contributed by atoms with E-state index in [0.29, 0.717) is 0 Å². The summed E-state index contributed by atoms with van der Waals surface area (Å²) in [6, 6.07) is 3.75. The Hall–Kier alpha value is -2.71. The molecule has 22 heavy (non-hydrogen) atoms. The summed E-state index contributed by atoms with van der Waals surface area (Å²) in [6.45, 7) is -0.164. The second kappa shape index (κ2) is 4.39. The molecule has 0 aromatic heterocycles. The normalized spacial score (nSPS) is 22.8. The highest BCUT2D eigenvalue weighted by Crippen LogP contribution is 2.45. The number of amides is 3. The number of ether oxygens (including phenoxy) is 1. The first kappa shape index (κ1) is 14.2. The summed E-state index contributed by atoms with van der Waals surface area (Å²) < 4.78 is 32.7. The maximum absolute atomic E-state index is 14.0. The van der Waals surface area contributed by atoms with E-state index in [0.717, 1.165) is 15.9 Å². The van der Waals surface area contributed by atoms with Crippen LogP contribution < -0.4 is 15.5 Å². The lowest BCUT2D eigenvalue weighted by Crippen LogP contribution is -2.32. The third-order valence-electron chi connectivity index (χ3n) is 3.69. The van der Waals surface area contributed by atoms with Crippen LogP contribution in [0.25, 0.3) is 0 Å². The Labute approximate surface area is 123 Å². The highest BCUT2D eigenvalue weighted by molar-refractivity contribution is 6.06. The lowest BCUT2D eigenvalue weighted by Gasteiger charge is -2.15. The van der Waals surface area contributed by atoms with Crippen molar-refractivity contribution in [3.05, 3.63) is 23.8 Å². The standard InChI is InChI=1S/C13H11F2N3O4/c1-17-8-3-2-6(4-7(8)13(14,15)11(17)20)18-5-9(10(16)19)22-12(18)21/h2-4,9H,5H2,1H3,(H2,16,19)/t9-/m1/s1. The van der Waals surface area contributed by atoms with Gasteiger partial charge in [-0.15, -0.1) is 0 Å². The molecule has 3 rings (SSSR count). The van der Waals surface area contributed by atoms with Crippen molar-refractivity contribution in [2.75, 3.05) is 23.4 Å². The van der Waals surface area contributed by atoms with Crippen molar-refractivity contribution < 1.29 is 27.9 Å². The second-order valence-electron chi connectivity index (χ2n) is 5.03. The van der Waals surface area contributed by atoms with E-state index in [2.05, 4.69) is 0 Å². The molecule has 0 spiro atoms. The van der Waals surface area contributed by atoms with E-state index in [9.17, 15) is 23.2 Å². The molecule has 3 amide bonds. The van der Waals surface area contributed by atoms with Crippen LogP contribution in [0.4, 0.5) is 25.0 Å². The van der Waals surface area contributed by atoms with E-state index in [4.69, 9.17) is 10.5 Å². The average Bonchev–Trinajstić information content (AvgIpc) is 2.93. The van der Waals surface area contributed by atoms with Crippen LogP contribution in [0.2, 0.25) is 0 Å². The SMILES string of the molecule is CN1C(=O)C(F)(F)c2cc(N3C[C@H](C(N)=O)OC3=O)ccc21. The Morgan fingerprint density at radius 1 is 1.41 bits per heavy atom. The van der Waals surface area contributed by atoms with E-state index in [1.54, 1.807) is 0 Å². The first-order valence-electron chi connectivity index (χ1n) is 6.31. The Bertz CT molecular complexity index is 707. The maximum Gasteiger partial charge on any atom is 0.415 e. The smallest absolute Gasteiger partial charge is 0.415 e. The summed E-state index contributed by atoms with van der Waals surface area (Å²) in [5, 5.41) is 0. The van der Waals surface area contributed by atoms with Crippen molar-refractivity contribution in [2.45, 2.75) is 12.0 Å². The minimum atomic E-state index is -3.66. The Balaban J connectivity index is 1.99. The van der Waals surface area contributed by atoms with Gasteiger partial charge in [0, 0.05) is 12.7 Å². The predicted octanol–water partition coefficient (Wildman–Crippen LogP) is 0.565. The van der Waals surface area contributed by atoms with Gasteiger partial charge < -0.3 is 15.4 Å². The number of primary amides is 1. The average molecular weight is 311 g/mol. The molecule has 0 unspecified atom stereocenters. The fraction of sp³-hybridized carbons (Fsp3) is 0.308. The first-order valence-corrected chi connectivity index (χ1v) is 6.31. The number of rotatable bonds is 2. The van der Waals surface area contributed by atoms with Gasteiger partial charge in [0.05, 0.1) is 17.8 Å². The molecule has 7 nitrogen and oxygen atoms in total. The summed E-state index contributed by atoms with van der Waals surface area (Å²) in [5.41, 5.74) is 4.74. The fourth-order valence-electron chi connectivity index (χ4n) is 2.49. The maximum atomic E-state index is 14.0. The van der Waals surface area contributed by atoms with Crippen LogP contribution in [0.1, 0.15) is 5.56 Å². The van der Waals surface area contributed by atoms with Crippen LogP contribution in [0.5, 0.6) is 0 Å². The number of hydrogen-bond acceptors (Lipinski definition) is 4. The van der Waals surface area contributed by atoms with Crippen molar-refractivity contribution in [1.29, 1.82) is 0 Å². The second-order valence-corrected chi connectivity index (χ2v) is 5.03. The van der Waals surface area contributed by atoms with Gasteiger partial charge in [0.15, 0.2) is 6.10 Å². The minimum Gasteiger partial charge on any atom is -0.434 e. The zero-order valence-corrected chi connectivity index (χ0v) is 11.4. The van der Waals surface area contributed by atoms with Gasteiger partial charge in [0.25, 0.3) is 5.91 Å². The van der Waals surface area contributed by atoms with Gasteiger partial charge in [-0.2, -0.15) is 8.78 Å². The van der Waals surface area contributed by atoms with Crippen molar-refractivity contribution >= 4 is 29.3 Å². The molecule has 2 aliphatic rings. The molecule has 0 aliphatic carbocycles. The van der Waals surface area contributed by atoms with Crippen LogP contribution in [0.15, 0.2) is 18.2 Å². The van der Waals surface area contributed by atoms with Gasteiger partial charge in [-0.05, 0) is 18.2 Å². The molecule has 1 aromatic rings. The van der Waals surface area contributed by atoms with Crippen LogP contribution >= 0.6 is 0 Å². The molecule has 0 saturated carbocycles. The molecule has 1 fully saturated rings. The number of halogens is 2. The molecule has 2 N–H and O–H groups in total. The molecule has 1 atom stereocenters. The monoisotopic (exact) mass is 311 g/mol. The molecule has 1 saturated heterocycles. The van der Waals surface area contributed by atoms with Crippen molar-refractivity contribution in [1.82, 2.24) is 0 Å². The van der Waals surface area contributed by atoms with Crippen LogP contribution in [0, 0.1) is 0 Å². The topological polar surface area (TPSA) is 92.9 Å². The zero-order chi connectivity index (χ0) is 16.2. The van der Waals surface area contributed by atoms with Gasteiger partial charge in [-0.25, -0.2) is 4.79 Å². The quantitative estimate of drug-likeness (QED) is 0.864. The number of nitrogens with two attached hydrogens (primary N) is 1. The highest BCUT2D eigenvalue weighted by Gasteiger charge is 2.52. The number of fused-ring (bicyclic) bond motifs is 1. The number of alkyl halides is 2. The number of likely N-dealkylation sites (N-methyl/N-ethyl adjacent to an activating group) is 1. The summed E-state index contributed by atoms with van der Waals surface area (Å²) in [5.74, 6) is -5.82. The van der Waals surface area contributed by atoms with E-state index in [1.807, 2.05) is 0 Å². The Morgan fingerprint density at radius 3 is 2.68 bits per heavy atom. The third kappa shape index (κ3) is 1.81. The molecule has 116 valence electrons. The molecule has 2 aliphatic heterocycles. The minimum absolute atomic E-state index is 0.0674. The predicted molar refractivity (Wildman–Crippen MR) is 70.6 cm³/mol. The van der Waals surface area contributed by atoms with Gasteiger partial charge in [0.1, 0.15) is 0 Å². The lowest BCUT2D eigenvalue weighted by molar-refractivity contribution is -0.141. The molecule has 9 heteroatoms. The molecule has 1 aromatic carbocycles. The summed E-state index contributed by atoms with van der Waals surface area (Å²) in [6.07, 6.45) is -1.99. The number of hydrogen-bond donors (Lipinski definition) is 1. The Kier molecular flexibility index (Phi) is 2.84. The van der Waals surface area contributed by atoms with Gasteiger partial charge in [-0.3, -0.25) is 14.5 Å². The first-order chi connectivity index (χ1) is 10.2. The zero-order valence-electron chi connectivity index (χ0n) is 11.4. The number of carbonyl (C=O) groups excluding carboxylic acids is 3. The number of carbonyl (C=O) groups is 3. The number of nitrogens with zero attached hydrogens (tertiary/aromatic N) is 2. The van der Waals surface area contributed by atoms with Gasteiger partial charge >= 0.3 is 17.9 Å². The third-order valence-corrected chi connectivity index (χ3v) is 3.69. The number of cyclic esters (lactones) is 1. The van der Waals surface area contributed by atoms with Crippen molar-refractivity contribution in [2.24, 2.45) is 5.73 Å². The van der Waals surface area contributed by atoms with E-state index in [1.165, 1.54) is 19.2 Å². The highest BCUT2D eigenvalue weighted by atomic mass is 19.3. The van der Waals surface area contributed by atoms with E-state index >= 15 is 0 Å². The molecular formula is C13H11F2N3O4. The summed E-state index contributed by atoms with van der Waals surface area (Å²) in [7, 11) is 1.25. The van der Waals surface area contributed by atoms with Crippen LogP contribution in [-0.4, -0.2) is 37.6 Å². The summed E-state index contributed by atoms with van der Waals surface area (Å²) in [4.78, 5) is 36.2. The number of benzene rings is 1. The van der Waals surface area contributed by atoms with Crippen molar-refractivity contribution in [3.8, 4) is 0 Å². The largest absolute Gasteiger partial charge is 0.434 e. The van der Waals surface area contributed by atoms with Crippen LogP contribution in [0.3, 0.4) is 0 Å². The number of anilines is 2. The van der Waals surface area contributed by atoms with Gasteiger partial charge in [-0.1, -0.05) is 0 Å². The van der Waals surface area contributed by atoms with E-state index in [-0.39, 0.29) is 17.9 Å². The fourth-order valence-corrected chi connectivity index (χ4v) is 2.49. The molecule has 0 bridgehead atoms. The molecule has 0 radical (unpaired) electrons. The summed E-state index contributed by atoms with van der Waals surface area (Å²) >= 11 is 0. The Morgan fingerprint density at radius 2 is 2.09 bits per heavy atom.